The average molecular weight is 307 g/mol. The summed E-state index contributed by atoms with van der Waals surface area (Å²) in [6.07, 6.45) is 0.709. The largest absolute Gasteiger partial charge is 0.500 e. The molecule has 0 spiro atoms. The molecule has 0 fully saturated rings. The molecular weight excluding hydrogens is 286 g/mol. The van der Waals surface area contributed by atoms with Crippen LogP contribution in [-0.4, -0.2) is 42.6 Å². The molecule has 0 aliphatic rings. The van der Waals surface area contributed by atoms with Gasteiger partial charge in [-0.25, -0.2) is 0 Å². The molecule has 0 aliphatic heterocycles. The third-order valence-corrected chi connectivity index (χ3v) is 5.80. The fraction of sp³-hybridized carbons (Fsp3) is 0.400. The molecule has 0 atom stereocenters. The number of hydrogen-bond donors (Lipinski definition) is 1. The van der Waals surface area contributed by atoms with Gasteiger partial charge in [-0.1, -0.05) is 24.1 Å². The van der Waals surface area contributed by atoms with Crippen LogP contribution in [0.15, 0.2) is 30.3 Å². The minimum absolute atomic E-state index is 0.293. The quantitative estimate of drug-likeness (QED) is 0.470. The monoisotopic (exact) mass is 307 g/mol. The molecule has 0 heterocycles. The van der Waals surface area contributed by atoms with Crippen molar-refractivity contribution in [2.45, 2.75) is 12.5 Å². The van der Waals surface area contributed by atoms with Gasteiger partial charge in [-0.2, -0.15) is 0 Å². The van der Waals surface area contributed by atoms with E-state index >= 15 is 0 Å². The molecule has 1 amide bonds. The van der Waals surface area contributed by atoms with E-state index < -0.39 is 8.80 Å². The van der Waals surface area contributed by atoms with Crippen molar-refractivity contribution >= 4 is 14.7 Å². The summed E-state index contributed by atoms with van der Waals surface area (Å²) >= 11 is 0. The van der Waals surface area contributed by atoms with Crippen LogP contribution in [-0.2, 0) is 18.1 Å². The van der Waals surface area contributed by atoms with Crippen LogP contribution in [0.4, 0.5) is 0 Å². The molecule has 6 heteroatoms. The topological polar surface area (TPSA) is 56.8 Å². The number of amides is 1. The Morgan fingerprint density at radius 3 is 2.33 bits per heavy atom. The standard InChI is InChI=1S/C15H21NO4Si/c1-18-21(19-2,20-3)13-7-12-16-15(17)11-10-14-8-5-4-6-9-14/h4-6,8-9H,7,12-13H2,1-3H3,(H,16,17). The van der Waals surface area contributed by atoms with E-state index in [9.17, 15) is 4.79 Å². The van der Waals surface area contributed by atoms with Crippen LogP contribution in [0.25, 0.3) is 0 Å². The molecule has 0 aliphatic carbocycles. The van der Waals surface area contributed by atoms with Crippen molar-refractivity contribution in [1.82, 2.24) is 5.32 Å². The van der Waals surface area contributed by atoms with Crippen LogP contribution in [0.3, 0.4) is 0 Å². The Morgan fingerprint density at radius 1 is 1.14 bits per heavy atom. The van der Waals surface area contributed by atoms with Crippen molar-refractivity contribution in [3.05, 3.63) is 35.9 Å². The summed E-state index contributed by atoms with van der Waals surface area (Å²) < 4.78 is 15.9. The predicted molar refractivity (Wildman–Crippen MR) is 82.5 cm³/mol. The fourth-order valence-corrected chi connectivity index (χ4v) is 3.48. The van der Waals surface area contributed by atoms with Gasteiger partial charge in [0.15, 0.2) is 0 Å². The highest BCUT2D eigenvalue weighted by Crippen LogP contribution is 2.14. The number of nitrogens with one attached hydrogen (secondary N) is 1. The molecule has 0 saturated heterocycles. The van der Waals surface area contributed by atoms with Crippen LogP contribution < -0.4 is 5.32 Å². The molecular formula is C15H21NO4Si. The minimum Gasteiger partial charge on any atom is -0.377 e. The predicted octanol–water partition coefficient (Wildman–Crippen LogP) is 1.42. The lowest BCUT2D eigenvalue weighted by atomic mass is 10.2. The highest BCUT2D eigenvalue weighted by atomic mass is 28.4. The van der Waals surface area contributed by atoms with Gasteiger partial charge in [-0.15, -0.1) is 0 Å². The van der Waals surface area contributed by atoms with Crippen molar-refractivity contribution in [1.29, 1.82) is 0 Å². The summed E-state index contributed by atoms with van der Waals surface area (Å²) in [5, 5.41) is 2.74. The smallest absolute Gasteiger partial charge is 0.377 e. The first-order valence-corrected chi connectivity index (χ1v) is 8.59. The maximum atomic E-state index is 11.6. The van der Waals surface area contributed by atoms with Gasteiger partial charge in [0.2, 0.25) is 0 Å². The first-order chi connectivity index (χ1) is 10.2. The molecule has 21 heavy (non-hydrogen) atoms. The summed E-state index contributed by atoms with van der Waals surface area (Å²) in [7, 11) is 2.17. The Labute approximate surface area is 127 Å². The van der Waals surface area contributed by atoms with E-state index in [2.05, 4.69) is 17.2 Å². The normalized spacial score (nSPS) is 10.6. The van der Waals surface area contributed by atoms with E-state index in [4.69, 9.17) is 13.3 Å². The van der Waals surface area contributed by atoms with Crippen molar-refractivity contribution < 1.29 is 18.1 Å². The highest BCUT2D eigenvalue weighted by Gasteiger charge is 2.36. The van der Waals surface area contributed by atoms with Gasteiger partial charge in [0, 0.05) is 45.4 Å². The Balaban J connectivity index is 2.33. The second kappa shape index (κ2) is 9.31. The molecule has 1 N–H and O–H groups in total. The maximum Gasteiger partial charge on any atom is 0.500 e. The number of carbonyl (C=O) groups is 1. The zero-order valence-electron chi connectivity index (χ0n) is 12.6. The molecule has 0 aromatic heterocycles. The first kappa shape index (κ1) is 17.4. The molecule has 0 bridgehead atoms. The van der Waals surface area contributed by atoms with Crippen molar-refractivity contribution in [3.63, 3.8) is 0 Å². The Kier molecular flexibility index (Phi) is 7.72. The number of carbonyl (C=O) groups excluding carboxylic acids is 1. The fourth-order valence-electron chi connectivity index (χ4n) is 1.76. The number of benzene rings is 1. The molecule has 0 radical (unpaired) electrons. The zero-order valence-corrected chi connectivity index (χ0v) is 13.6. The van der Waals surface area contributed by atoms with E-state index in [1.807, 2.05) is 30.3 Å². The summed E-state index contributed by atoms with van der Waals surface area (Å²) in [4.78, 5) is 11.6. The molecule has 5 nitrogen and oxygen atoms in total. The van der Waals surface area contributed by atoms with Gasteiger partial charge in [0.25, 0.3) is 5.91 Å². The molecule has 1 aromatic carbocycles. The van der Waals surface area contributed by atoms with Gasteiger partial charge in [0.1, 0.15) is 0 Å². The lowest BCUT2D eigenvalue weighted by Crippen LogP contribution is -2.43. The van der Waals surface area contributed by atoms with Crippen LogP contribution in [0.1, 0.15) is 12.0 Å². The lowest BCUT2D eigenvalue weighted by Gasteiger charge is -2.24. The third kappa shape index (κ3) is 6.10. The summed E-state index contributed by atoms with van der Waals surface area (Å²) in [6.45, 7) is 0.507. The second-order valence-corrected chi connectivity index (χ2v) is 7.36. The van der Waals surface area contributed by atoms with E-state index in [0.29, 0.717) is 19.0 Å². The van der Waals surface area contributed by atoms with Crippen LogP contribution >= 0.6 is 0 Å². The number of rotatable bonds is 7. The van der Waals surface area contributed by atoms with Crippen molar-refractivity contribution in [2.24, 2.45) is 0 Å². The summed E-state index contributed by atoms with van der Waals surface area (Å²) in [5.41, 5.74) is 0.817. The Bertz CT molecular complexity index is 483. The summed E-state index contributed by atoms with van der Waals surface area (Å²) in [5.74, 6) is 5.07. The average Bonchev–Trinajstić information content (AvgIpc) is 2.55. The molecule has 1 aromatic rings. The Morgan fingerprint density at radius 2 is 1.76 bits per heavy atom. The van der Waals surface area contributed by atoms with Crippen LogP contribution in [0, 0.1) is 11.8 Å². The van der Waals surface area contributed by atoms with Gasteiger partial charge < -0.3 is 18.6 Å². The highest BCUT2D eigenvalue weighted by molar-refractivity contribution is 6.60. The van der Waals surface area contributed by atoms with E-state index in [1.165, 1.54) is 0 Å². The van der Waals surface area contributed by atoms with Gasteiger partial charge >= 0.3 is 8.80 Å². The van der Waals surface area contributed by atoms with Gasteiger partial charge in [-0.3, -0.25) is 4.79 Å². The van der Waals surface area contributed by atoms with Crippen molar-refractivity contribution in [3.8, 4) is 11.8 Å². The van der Waals surface area contributed by atoms with Gasteiger partial charge in [-0.05, 0) is 18.6 Å². The second-order valence-electron chi connectivity index (χ2n) is 4.27. The zero-order chi connectivity index (χ0) is 15.6. The minimum atomic E-state index is -2.55. The molecule has 0 unspecified atom stereocenters. The summed E-state index contributed by atoms with van der Waals surface area (Å²) in [6, 6.07) is 10.0. The SMILES string of the molecule is CO[Si](CCCNC(=O)C#Cc1ccccc1)(OC)OC. The lowest BCUT2D eigenvalue weighted by molar-refractivity contribution is -0.115. The van der Waals surface area contributed by atoms with E-state index in [0.717, 1.165) is 5.56 Å². The van der Waals surface area contributed by atoms with Crippen LogP contribution in [0.5, 0.6) is 0 Å². The van der Waals surface area contributed by atoms with Crippen LogP contribution in [0.2, 0.25) is 6.04 Å². The molecule has 114 valence electrons. The van der Waals surface area contributed by atoms with Gasteiger partial charge in [0.05, 0.1) is 0 Å². The number of hydrogen-bond acceptors (Lipinski definition) is 4. The Hall–Kier alpha value is -1.65. The molecule has 0 saturated carbocycles. The third-order valence-electron chi connectivity index (χ3n) is 2.97. The first-order valence-electron chi connectivity index (χ1n) is 6.66. The maximum absolute atomic E-state index is 11.6. The van der Waals surface area contributed by atoms with Crippen molar-refractivity contribution in [2.75, 3.05) is 27.9 Å². The van der Waals surface area contributed by atoms with E-state index in [1.54, 1.807) is 21.3 Å². The van der Waals surface area contributed by atoms with E-state index in [-0.39, 0.29) is 5.91 Å². The molecule has 1 rings (SSSR count).